The minimum Gasteiger partial charge on any atom is -0.135 e. The van der Waals surface area contributed by atoms with Crippen molar-refractivity contribution in [2.75, 3.05) is 0 Å². The van der Waals surface area contributed by atoms with Crippen LogP contribution < -0.4 is 0 Å². The number of hydrogen-bond donors (Lipinski definition) is 0. The Morgan fingerprint density at radius 2 is 0.803 bits per heavy atom. The maximum atomic E-state index is 2.55. The Morgan fingerprint density at radius 1 is 0.279 bits per heavy atom. The molecule has 61 heavy (non-hydrogen) atoms. The van der Waals surface area contributed by atoms with Crippen LogP contribution in [0.3, 0.4) is 0 Å². The molecule has 282 valence electrons. The van der Waals surface area contributed by atoms with E-state index in [1.807, 2.05) is 11.3 Å². The van der Waals surface area contributed by atoms with Gasteiger partial charge in [0.2, 0.25) is 0 Å². The van der Waals surface area contributed by atoms with Gasteiger partial charge in [0, 0.05) is 9.58 Å². The summed E-state index contributed by atoms with van der Waals surface area (Å²) in [7, 11) is 0. The van der Waals surface area contributed by atoms with Crippen LogP contribution in [0.2, 0.25) is 0 Å². The second-order valence-electron chi connectivity index (χ2n) is 17.1. The molecular weight excluding hydrogens is 753 g/mol. The fraction of sp³-hybridized carbons (Fsp3) is 0.0333. The second kappa shape index (κ2) is 12.1. The average molecular weight is 789 g/mol. The van der Waals surface area contributed by atoms with Crippen molar-refractivity contribution in [2.45, 2.75) is 10.8 Å². The molecule has 0 aliphatic heterocycles. The lowest BCUT2D eigenvalue weighted by atomic mass is 9.67. The normalized spacial score (nSPS) is 14.5. The Bertz CT molecular complexity index is 3530. The molecular formula is C60H36S. The zero-order chi connectivity index (χ0) is 39.9. The number of hydrogen-bond acceptors (Lipinski definition) is 1. The van der Waals surface area contributed by atoms with Crippen LogP contribution in [0.1, 0.15) is 44.5 Å². The summed E-state index contributed by atoms with van der Waals surface area (Å²) in [5, 5.41) is 6.66. The third-order valence-electron chi connectivity index (χ3n) is 14.3. The lowest BCUT2D eigenvalue weighted by Crippen LogP contribution is -2.28. The molecule has 0 amide bonds. The van der Waals surface area contributed by atoms with E-state index in [0.717, 1.165) is 0 Å². The van der Waals surface area contributed by atoms with Gasteiger partial charge < -0.3 is 0 Å². The van der Waals surface area contributed by atoms with E-state index in [-0.39, 0.29) is 0 Å². The molecule has 3 aliphatic rings. The van der Waals surface area contributed by atoms with Gasteiger partial charge >= 0.3 is 0 Å². The Labute approximate surface area is 358 Å². The highest BCUT2D eigenvalue weighted by Gasteiger charge is 2.51. The van der Waals surface area contributed by atoms with Gasteiger partial charge in [-0.1, -0.05) is 182 Å². The third-order valence-corrected chi connectivity index (χ3v) is 15.5. The SMILES string of the molecule is c1ccc(C2(c3ccccc3)c3cc(-c4cc5c6c(ccc7cccc(c76)C56c5ccccc5-c5ccccc56)c4)ccc3-c3ccc(-c4cc5ccccc5s4)cc32)cc1. The van der Waals surface area contributed by atoms with E-state index in [4.69, 9.17) is 0 Å². The van der Waals surface area contributed by atoms with Crippen molar-refractivity contribution in [3.05, 3.63) is 263 Å². The summed E-state index contributed by atoms with van der Waals surface area (Å²) in [5.41, 5.74) is 18.8. The van der Waals surface area contributed by atoms with Crippen LogP contribution in [0, 0.1) is 0 Å². The Morgan fingerprint density at radius 3 is 1.51 bits per heavy atom. The molecule has 0 saturated carbocycles. The van der Waals surface area contributed by atoms with Crippen LogP contribution in [0.4, 0.5) is 0 Å². The molecule has 14 rings (SSSR count). The predicted molar refractivity (Wildman–Crippen MR) is 256 cm³/mol. The lowest BCUT2D eigenvalue weighted by molar-refractivity contribution is 0.769. The van der Waals surface area contributed by atoms with Gasteiger partial charge in [-0.05, 0) is 147 Å². The van der Waals surface area contributed by atoms with Crippen LogP contribution in [0.5, 0.6) is 0 Å². The van der Waals surface area contributed by atoms with E-state index in [2.05, 4.69) is 218 Å². The highest BCUT2D eigenvalue weighted by Crippen LogP contribution is 2.63. The van der Waals surface area contributed by atoms with Crippen LogP contribution in [-0.4, -0.2) is 0 Å². The summed E-state index contributed by atoms with van der Waals surface area (Å²) in [6.45, 7) is 0. The number of benzene rings is 10. The molecule has 1 spiro atoms. The van der Waals surface area contributed by atoms with Crippen molar-refractivity contribution in [3.63, 3.8) is 0 Å². The zero-order valence-corrected chi connectivity index (χ0v) is 34.0. The van der Waals surface area contributed by atoms with Crippen molar-refractivity contribution >= 4 is 43.0 Å². The molecule has 1 aromatic heterocycles. The maximum Gasteiger partial charge on any atom is 0.0726 e. The molecule has 11 aromatic rings. The smallest absolute Gasteiger partial charge is 0.0726 e. The monoisotopic (exact) mass is 788 g/mol. The number of rotatable bonds is 4. The third kappa shape index (κ3) is 4.24. The molecule has 3 aliphatic carbocycles. The van der Waals surface area contributed by atoms with Crippen LogP contribution >= 0.6 is 11.3 Å². The first-order valence-electron chi connectivity index (χ1n) is 21.3. The quantitative estimate of drug-likeness (QED) is 0.156. The topological polar surface area (TPSA) is 0 Å². The summed E-state index contributed by atoms with van der Waals surface area (Å²) >= 11 is 1.88. The molecule has 0 bridgehead atoms. The average Bonchev–Trinajstić information content (AvgIpc) is 4.06. The van der Waals surface area contributed by atoms with Gasteiger partial charge in [0.25, 0.3) is 0 Å². The van der Waals surface area contributed by atoms with Gasteiger partial charge in [0.15, 0.2) is 0 Å². The van der Waals surface area contributed by atoms with E-state index < -0.39 is 10.8 Å². The van der Waals surface area contributed by atoms with Crippen molar-refractivity contribution in [2.24, 2.45) is 0 Å². The van der Waals surface area contributed by atoms with E-state index in [1.165, 1.54) is 120 Å². The van der Waals surface area contributed by atoms with E-state index in [9.17, 15) is 0 Å². The fourth-order valence-electron chi connectivity index (χ4n) is 11.9. The first kappa shape index (κ1) is 33.5. The predicted octanol–water partition coefficient (Wildman–Crippen LogP) is 15.6. The van der Waals surface area contributed by atoms with Crippen molar-refractivity contribution in [1.29, 1.82) is 0 Å². The molecule has 1 heterocycles. The van der Waals surface area contributed by atoms with Gasteiger partial charge in [0.05, 0.1) is 10.8 Å². The van der Waals surface area contributed by atoms with Gasteiger partial charge in [-0.25, -0.2) is 0 Å². The summed E-state index contributed by atoms with van der Waals surface area (Å²) < 4.78 is 1.32. The summed E-state index contributed by atoms with van der Waals surface area (Å²) in [4.78, 5) is 1.30. The van der Waals surface area contributed by atoms with Crippen molar-refractivity contribution in [1.82, 2.24) is 0 Å². The van der Waals surface area contributed by atoms with Crippen LogP contribution in [0.25, 0.3) is 75.5 Å². The highest BCUT2D eigenvalue weighted by atomic mass is 32.1. The number of fused-ring (bicyclic) bond motifs is 11. The molecule has 1 heteroatoms. The van der Waals surface area contributed by atoms with Gasteiger partial charge in [-0.15, -0.1) is 11.3 Å². The van der Waals surface area contributed by atoms with Gasteiger partial charge in [-0.3, -0.25) is 0 Å². The molecule has 0 fully saturated rings. The minimum atomic E-state index is -0.531. The molecule has 10 aromatic carbocycles. The van der Waals surface area contributed by atoms with Crippen LogP contribution in [-0.2, 0) is 10.8 Å². The molecule has 0 atom stereocenters. The summed E-state index contributed by atoms with van der Waals surface area (Å²) in [5.74, 6) is 0. The Hall–Kier alpha value is -7.32. The first-order valence-corrected chi connectivity index (χ1v) is 22.1. The molecule has 0 radical (unpaired) electrons. The summed E-state index contributed by atoms with van der Waals surface area (Å²) in [6, 6.07) is 83.0. The first-order chi connectivity index (χ1) is 30.2. The van der Waals surface area contributed by atoms with Gasteiger partial charge in [-0.2, -0.15) is 0 Å². The van der Waals surface area contributed by atoms with Crippen molar-refractivity contribution < 1.29 is 0 Å². The maximum absolute atomic E-state index is 2.55. The van der Waals surface area contributed by atoms with E-state index >= 15 is 0 Å². The largest absolute Gasteiger partial charge is 0.135 e. The minimum absolute atomic E-state index is 0.404. The molecule has 0 nitrogen and oxygen atoms in total. The standard InChI is InChI=1S/C60H36S/c1-3-16-43(17-4-1)59(44-18-5-2-6-19-44)52-33-38(28-30-47(52)48-31-29-40(34-53(48)59)56-36-39-14-7-12-25-55(39)61-56)42-32-41-27-26-37-15-13-24-51-57(37)58(41)54(35-42)60(51)49-22-10-8-20-45(49)46-21-9-11-23-50(46)60/h1-36H. The van der Waals surface area contributed by atoms with Crippen LogP contribution in [0.15, 0.2) is 218 Å². The molecule has 0 N–H and O–H groups in total. The lowest BCUT2D eigenvalue weighted by Gasteiger charge is -2.34. The fourth-order valence-corrected chi connectivity index (χ4v) is 13.0. The molecule has 0 unspecified atom stereocenters. The Kier molecular flexibility index (Phi) is 6.67. The summed E-state index contributed by atoms with van der Waals surface area (Å²) in [6.07, 6.45) is 0. The van der Waals surface area contributed by atoms with Crippen molar-refractivity contribution in [3.8, 4) is 43.8 Å². The van der Waals surface area contributed by atoms with E-state index in [0.29, 0.717) is 0 Å². The second-order valence-corrected chi connectivity index (χ2v) is 18.2. The number of thiophene rings is 1. The molecule has 0 saturated heterocycles. The van der Waals surface area contributed by atoms with E-state index in [1.54, 1.807) is 0 Å². The Balaban J connectivity index is 1.04. The zero-order valence-electron chi connectivity index (χ0n) is 33.2. The highest BCUT2D eigenvalue weighted by molar-refractivity contribution is 7.22. The van der Waals surface area contributed by atoms with Gasteiger partial charge in [0.1, 0.15) is 0 Å².